The molecule has 0 aliphatic carbocycles. The van der Waals surface area contributed by atoms with Crippen molar-refractivity contribution < 1.29 is 4.74 Å². The molecule has 15 heavy (non-hydrogen) atoms. The molecule has 0 aromatic carbocycles. The van der Waals surface area contributed by atoms with Crippen LogP contribution in [0.15, 0.2) is 11.4 Å². The van der Waals surface area contributed by atoms with Gasteiger partial charge in [0.1, 0.15) is 17.2 Å². The van der Waals surface area contributed by atoms with E-state index in [1.807, 2.05) is 6.92 Å². The molecule has 1 aromatic rings. The summed E-state index contributed by atoms with van der Waals surface area (Å²) in [4.78, 5) is 8.21. The first-order chi connectivity index (χ1) is 7.18. The van der Waals surface area contributed by atoms with E-state index in [9.17, 15) is 0 Å². The molecule has 5 heteroatoms. The highest BCUT2D eigenvalue weighted by Gasteiger charge is 2.26. The van der Waals surface area contributed by atoms with Crippen LogP contribution < -0.4 is 5.73 Å². The van der Waals surface area contributed by atoms with Crippen LogP contribution >= 0.6 is 11.8 Å². The average molecular weight is 225 g/mol. The smallest absolute Gasteiger partial charge is 0.130 e. The predicted molar refractivity (Wildman–Crippen MR) is 60.9 cm³/mol. The number of ether oxygens (including phenoxy) is 1. The summed E-state index contributed by atoms with van der Waals surface area (Å²) in [6.45, 7) is 4.90. The first-order valence-electron chi connectivity index (χ1n) is 5.04. The maximum absolute atomic E-state index is 5.73. The minimum Gasteiger partial charge on any atom is -0.383 e. The van der Waals surface area contributed by atoms with Gasteiger partial charge >= 0.3 is 0 Å². The van der Waals surface area contributed by atoms with Gasteiger partial charge in [0, 0.05) is 17.4 Å². The first kappa shape index (κ1) is 10.7. The molecule has 1 aliphatic heterocycles. The molecule has 2 N–H and O–H groups in total. The molecule has 2 atom stereocenters. The van der Waals surface area contributed by atoms with Gasteiger partial charge in [-0.15, -0.1) is 0 Å². The summed E-state index contributed by atoms with van der Waals surface area (Å²) in [6, 6.07) is 0. The predicted octanol–water partition coefficient (Wildman–Crippen LogP) is 1.64. The summed E-state index contributed by atoms with van der Waals surface area (Å²) >= 11 is 1.74. The van der Waals surface area contributed by atoms with Gasteiger partial charge in [0.05, 0.1) is 6.10 Å². The molecule has 2 unspecified atom stereocenters. The highest BCUT2D eigenvalue weighted by molar-refractivity contribution is 8.00. The Morgan fingerprint density at radius 3 is 3.00 bits per heavy atom. The molecule has 0 saturated carbocycles. The Morgan fingerprint density at radius 2 is 2.33 bits per heavy atom. The van der Waals surface area contributed by atoms with Gasteiger partial charge in [0.25, 0.3) is 0 Å². The zero-order valence-electron chi connectivity index (χ0n) is 8.93. The average Bonchev–Trinajstić information content (AvgIpc) is 2.60. The van der Waals surface area contributed by atoms with E-state index in [0.717, 1.165) is 23.6 Å². The van der Waals surface area contributed by atoms with E-state index in [1.165, 1.54) is 6.33 Å². The van der Waals surface area contributed by atoms with Crippen LogP contribution in [0.4, 0.5) is 5.82 Å². The van der Waals surface area contributed by atoms with E-state index >= 15 is 0 Å². The van der Waals surface area contributed by atoms with Crippen LogP contribution in [-0.2, 0) is 4.74 Å². The summed E-state index contributed by atoms with van der Waals surface area (Å²) in [7, 11) is 0. The lowest BCUT2D eigenvalue weighted by Gasteiger charge is -2.14. The second kappa shape index (κ2) is 4.37. The maximum Gasteiger partial charge on any atom is 0.130 e. The van der Waals surface area contributed by atoms with E-state index in [1.54, 1.807) is 11.8 Å². The third-order valence-electron chi connectivity index (χ3n) is 2.65. The van der Waals surface area contributed by atoms with E-state index in [0.29, 0.717) is 17.2 Å². The van der Waals surface area contributed by atoms with Crippen molar-refractivity contribution in [1.82, 2.24) is 9.97 Å². The molecule has 0 radical (unpaired) electrons. The Balaban J connectivity index is 2.13. The minimum absolute atomic E-state index is 0.297. The van der Waals surface area contributed by atoms with Crippen LogP contribution in [0.3, 0.4) is 0 Å². The highest BCUT2D eigenvalue weighted by Crippen LogP contribution is 2.33. The third-order valence-corrected chi connectivity index (χ3v) is 4.20. The van der Waals surface area contributed by atoms with Gasteiger partial charge in [0.2, 0.25) is 0 Å². The molecule has 0 amide bonds. The van der Waals surface area contributed by atoms with Gasteiger partial charge in [-0.3, -0.25) is 0 Å². The number of nitrogen functional groups attached to an aromatic ring is 1. The Hall–Kier alpha value is -0.810. The Bertz CT molecular complexity index is 359. The number of rotatable bonds is 2. The summed E-state index contributed by atoms with van der Waals surface area (Å²) in [6.07, 6.45) is 2.89. The molecule has 2 heterocycles. The van der Waals surface area contributed by atoms with Crippen molar-refractivity contribution in [3.05, 3.63) is 11.9 Å². The summed E-state index contributed by atoms with van der Waals surface area (Å²) in [5.41, 5.74) is 6.71. The Kier molecular flexibility index (Phi) is 3.11. The lowest BCUT2D eigenvalue weighted by Crippen LogP contribution is -2.14. The lowest BCUT2D eigenvalue weighted by molar-refractivity contribution is 0.127. The van der Waals surface area contributed by atoms with Crippen LogP contribution in [0.5, 0.6) is 0 Å². The van der Waals surface area contributed by atoms with Crippen LogP contribution in [0.2, 0.25) is 0 Å². The zero-order valence-corrected chi connectivity index (χ0v) is 9.75. The van der Waals surface area contributed by atoms with E-state index in [2.05, 4.69) is 16.9 Å². The van der Waals surface area contributed by atoms with Gasteiger partial charge in [-0.1, -0.05) is 11.8 Å². The summed E-state index contributed by atoms with van der Waals surface area (Å²) in [5.74, 6) is 0.569. The monoisotopic (exact) mass is 225 g/mol. The number of hydrogen-bond donors (Lipinski definition) is 1. The molecule has 1 aromatic heterocycles. The van der Waals surface area contributed by atoms with Gasteiger partial charge in [-0.2, -0.15) is 0 Å². The van der Waals surface area contributed by atoms with Crippen molar-refractivity contribution >= 4 is 17.6 Å². The fourth-order valence-electron chi connectivity index (χ4n) is 1.58. The number of anilines is 1. The standard InChI is InChI=1S/C10H15N3OS/c1-6-9(11)12-5-13-10(6)15-8-3-4-14-7(8)2/h5,7-8H,3-4H2,1-2H3,(H2,11,12,13). The quantitative estimate of drug-likeness (QED) is 0.775. The molecule has 4 nitrogen and oxygen atoms in total. The lowest BCUT2D eigenvalue weighted by atomic mass is 10.3. The van der Waals surface area contributed by atoms with Gasteiger partial charge in [-0.25, -0.2) is 9.97 Å². The second-order valence-corrected chi connectivity index (χ2v) is 4.94. The van der Waals surface area contributed by atoms with Crippen molar-refractivity contribution in [2.75, 3.05) is 12.3 Å². The van der Waals surface area contributed by atoms with Crippen molar-refractivity contribution in [1.29, 1.82) is 0 Å². The normalized spacial score (nSPS) is 25.7. The molecule has 1 fully saturated rings. The number of hydrogen-bond acceptors (Lipinski definition) is 5. The third kappa shape index (κ3) is 2.23. The molecule has 0 spiro atoms. The topological polar surface area (TPSA) is 61.0 Å². The fraction of sp³-hybridized carbons (Fsp3) is 0.600. The van der Waals surface area contributed by atoms with E-state index in [-0.39, 0.29) is 0 Å². The number of thioether (sulfide) groups is 1. The number of nitrogens with zero attached hydrogens (tertiary/aromatic N) is 2. The van der Waals surface area contributed by atoms with Gasteiger partial charge < -0.3 is 10.5 Å². The molecular weight excluding hydrogens is 210 g/mol. The second-order valence-electron chi connectivity index (χ2n) is 3.71. The van der Waals surface area contributed by atoms with Crippen LogP contribution in [0, 0.1) is 6.92 Å². The number of aromatic nitrogens is 2. The maximum atomic E-state index is 5.73. The minimum atomic E-state index is 0.297. The molecule has 2 rings (SSSR count). The van der Waals surface area contributed by atoms with Crippen molar-refractivity contribution in [2.45, 2.75) is 36.6 Å². The molecular formula is C10H15N3OS. The van der Waals surface area contributed by atoms with E-state index < -0.39 is 0 Å². The van der Waals surface area contributed by atoms with Crippen molar-refractivity contribution in [3.63, 3.8) is 0 Å². The zero-order chi connectivity index (χ0) is 10.8. The Morgan fingerprint density at radius 1 is 1.53 bits per heavy atom. The largest absolute Gasteiger partial charge is 0.383 e. The summed E-state index contributed by atoms with van der Waals surface area (Å²) < 4.78 is 5.51. The van der Waals surface area contributed by atoms with Gasteiger partial charge in [0.15, 0.2) is 0 Å². The van der Waals surface area contributed by atoms with Crippen LogP contribution in [0.25, 0.3) is 0 Å². The van der Waals surface area contributed by atoms with Gasteiger partial charge in [-0.05, 0) is 20.3 Å². The van der Waals surface area contributed by atoms with Crippen molar-refractivity contribution in [2.24, 2.45) is 0 Å². The summed E-state index contributed by atoms with van der Waals surface area (Å²) in [5, 5.41) is 1.46. The highest BCUT2D eigenvalue weighted by atomic mass is 32.2. The molecule has 1 saturated heterocycles. The van der Waals surface area contributed by atoms with Crippen LogP contribution in [0.1, 0.15) is 18.9 Å². The number of nitrogens with two attached hydrogens (primary N) is 1. The molecule has 1 aliphatic rings. The molecule has 0 bridgehead atoms. The van der Waals surface area contributed by atoms with Crippen LogP contribution in [-0.4, -0.2) is 27.9 Å². The van der Waals surface area contributed by atoms with Crippen molar-refractivity contribution in [3.8, 4) is 0 Å². The fourth-order valence-corrected chi connectivity index (χ4v) is 2.74. The SMILES string of the molecule is Cc1c(N)ncnc1SC1CCOC1C. The first-order valence-corrected chi connectivity index (χ1v) is 5.92. The Labute approximate surface area is 93.6 Å². The molecule has 82 valence electrons. The van der Waals surface area contributed by atoms with E-state index in [4.69, 9.17) is 10.5 Å².